The summed E-state index contributed by atoms with van der Waals surface area (Å²) in [5, 5.41) is 6.04. The SMILES string of the molecule is CC(C)C(=O)N[C@H]1C[C@@H]1OCC(C)C(=O)N[C@H]1[C@@H]2COC[C@@H]21. The van der Waals surface area contributed by atoms with Gasteiger partial charge < -0.3 is 20.1 Å². The molecule has 0 spiro atoms. The van der Waals surface area contributed by atoms with Crippen molar-refractivity contribution in [1.82, 2.24) is 10.6 Å². The normalized spacial score (nSPS) is 36.6. The van der Waals surface area contributed by atoms with Crippen molar-refractivity contribution < 1.29 is 19.1 Å². The molecule has 3 fully saturated rings. The third-order valence-electron chi connectivity index (χ3n) is 4.85. The van der Waals surface area contributed by atoms with Crippen molar-refractivity contribution in [3.05, 3.63) is 0 Å². The van der Waals surface area contributed by atoms with Crippen LogP contribution in [0.3, 0.4) is 0 Å². The van der Waals surface area contributed by atoms with Crippen LogP contribution in [0.25, 0.3) is 0 Å². The van der Waals surface area contributed by atoms with Crippen LogP contribution in [0.2, 0.25) is 0 Å². The van der Waals surface area contributed by atoms with Crippen LogP contribution in [0.4, 0.5) is 0 Å². The fraction of sp³-hybridized carbons (Fsp3) is 0.875. The number of carbonyl (C=O) groups is 2. The summed E-state index contributed by atoms with van der Waals surface area (Å²) < 4.78 is 11.0. The molecular weight excluding hydrogens is 284 g/mol. The first kappa shape index (κ1) is 15.7. The summed E-state index contributed by atoms with van der Waals surface area (Å²) in [7, 11) is 0. The lowest BCUT2D eigenvalue weighted by Crippen LogP contribution is -2.36. The van der Waals surface area contributed by atoms with Gasteiger partial charge in [-0.05, 0) is 6.42 Å². The van der Waals surface area contributed by atoms with E-state index in [1.165, 1.54) is 0 Å². The van der Waals surface area contributed by atoms with Gasteiger partial charge in [0, 0.05) is 23.8 Å². The van der Waals surface area contributed by atoms with Gasteiger partial charge in [-0.15, -0.1) is 0 Å². The van der Waals surface area contributed by atoms with E-state index in [1.54, 1.807) is 0 Å². The Labute approximate surface area is 131 Å². The van der Waals surface area contributed by atoms with Crippen LogP contribution in [0.15, 0.2) is 0 Å². The number of rotatable bonds is 7. The van der Waals surface area contributed by atoms with E-state index in [0.29, 0.717) is 24.5 Å². The maximum atomic E-state index is 12.1. The van der Waals surface area contributed by atoms with E-state index in [-0.39, 0.29) is 35.8 Å². The lowest BCUT2D eigenvalue weighted by atomic mass is 10.2. The van der Waals surface area contributed by atoms with Crippen LogP contribution in [0.1, 0.15) is 27.2 Å². The maximum Gasteiger partial charge on any atom is 0.225 e. The smallest absolute Gasteiger partial charge is 0.225 e. The van der Waals surface area contributed by atoms with Crippen molar-refractivity contribution in [2.45, 2.75) is 45.4 Å². The van der Waals surface area contributed by atoms with E-state index in [1.807, 2.05) is 20.8 Å². The first-order chi connectivity index (χ1) is 10.5. The molecule has 0 aromatic rings. The van der Waals surface area contributed by atoms with Crippen LogP contribution >= 0.6 is 0 Å². The largest absolute Gasteiger partial charge is 0.381 e. The number of fused-ring (bicyclic) bond motifs is 1. The fourth-order valence-electron chi connectivity index (χ4n) is 2.96. The van der Waals surface area contributed by atoms with E-state index in [0.717, 1.165) is 19.6 Å². The van der Waals surface area contributed by atoms with Crippen LogP contribution in [0.5, 0.6) is 0 Å². The highest BCUT2D eigenvalue weighted by Gasteiger charge is 2.55. The van der Waals surface area contributed by atoms with E-state index in [9.17, 15) is 9.59 Å². The molecule has 2 saturated carbocycles. The Morgan fingerprint density at radius 3 is 2.45 bits per heavy atom. The highest BCUT2D eigenvalue weighted by atomic mass is 16.5. The lowest BCUT2D eigenvalue weighted by Gasteiger charge is -2.14. The van der Waals surface area contributed by atoms with Crippen molar-refractivity contribution in [2.75, 3.05) is 19.8 Å². The molecule has 6 heteroatoms. The van der Waals surface area contributed by atoms with Crippen LogP contribution < -0.4 is 10.6 Å². The fourth-order valence-corrected chi connectivity index (χ4v) is 2.96. The topological polar surface area (TPSA) is 76.7 Å². The van der Waals surface area contributed by atoms with E-state index in [4.69, 9.17) is 9.47 Å². The Hall–Kier alpha value is -1.14. The Bertz CT molecular complexity index is 443. The molecule has 1 unspecified atom stereocenters. The highest BCUT2D eigenvalue weighted by Crippen LogP contribution is 2.44. The molecule has 1 aliphatic heterocycles. The molecule has 0 radical (unpaired) electrons. The van der Waals surface area contributed by atoms with Gasteiger partial charge >= 0.3 is 0 Å². The molecule has 22 heavy (non-hydrogen) atoms. The van der Waals surface area contributed by atoms with Gasteiger partial charge in [0.25, 0.3) is 0 Å². The number of amides is 2. The number of ether oxygens (including phenoxy) is 2. The zero-order valence-corrected chi connectivity index (χ0v) is 13.5. The van der Waals surface area contributed by atoms with Crippen molar-refractivity contribution in [1.29, 1.82) is 0 Å². The van der Waals surface area contributed by atoms with Gasteiger partial charge in [-0.3, -0.25) is 9.59 Å². The third kappa shape index (κ3) is 3.43. The third-order valence-corrected chi connectivity index (χ3v) is 4.85. The minimum atomic E-state index is -0.163. The number of hydrogen-bond acceptors (Lipinski definition) is 4. The van der Waals surface area contributed by atoms with Crippen LogP contribution in [0, 0.1) is 23.7 Å². The molecule has 2 aliphatic carbocycles. The van der Waals surface area contributed by atoms with Gasteiger partial charge in [-0.2, -0.15) is 0 Å². The summed E-state index contributed by atoms with van der Waals surface area (Å²) in [5.41, 5.74) is 0. The zero-order chi connectivity index (χ0) is 15.9. The van der Waals surface area contributed by atoms with E-state index in [2.05, 4.69) is 10.6 Å². The highest BCUT2D eigenvalue weighted by molar-refractivity contribution is 5.79. The minimum Gasteiger partial charge on any atom is -0.381 e. The summed E-state index contributed by atoms with van der Waals surface area (Å²) in [6.07, 6.45) is 0.906. The number of hydrogen-bond donors (Lipinski definition) is 2. The first-order valence-corrected chi connectivity index (χ1v) is 8.27. The molecule has 0 bridgehead atoms. The summed E-state index contributed by atoms with van der Waals surface area (Å²) >= 11 is 0. The molecule has 124 valence electrons. The predicted molar refractivity (Wildman–Crippen MR) is 80.0 cm³/mol. The summed E-state index contributed by atoms with van der Waals surface area (Å²) in [5.74, 6) is 0.997. The van der Waals surface area contributed by atoms with Gasteiger partial charge in [0.2, 0.25) is 11.8 Å². The Balaban J connectivity index is 1.31. The van der Waals surface area contributed by atoms with Gasteiger partial charge in [0.1, 0.15) is 0 Å². The molecule has 1 heterocycles. The molecule has 2 N–H and O–H groups in total. The standard InChI is InChI=1S/C16H26N2O4/c1-8(2)15(19)17-12-4-13(12)22-5-9(3)16(20)18-14-10-6-21-7-11(10)14/h8-14H,4-7H2,1-3H3,(H,17,19)(H,18,20)/t9?,10-,11+,12-,13-,14+/m0/s1. The molecule has 6 atom stereocenters. The summed E-state index contributed by atoms with van der Waals surface area (Å²) in [4.78, 5) is 23.7. The molecule has 0 aromatic carbocycles. The van der Waals surface area contributed by atoms with E-state index >= 15 is 0 Å². The second-order valence-corrected chi connectivity index (χ2v) is 7.18. The van der Waals surface area contributed by atoms with Crippen molar-refractivity contribution in [2.24, 2.45) is 23.7 Å². The monoisotopic (exact) mass is 310 g/mol. The average molecular weight is 310 g/mol. The molecule has 0 aromatic heterocycles. The van der Waals surface area contributed by atoms with Gasteiger partial charge in [-0.25, -0.2) is 0 Å². The Kier molecular flexibility index (Phi) is 4.41. The van der Waals surface area contributed by atoms with Crippen molar-refractivity contribution in [3.8, 4) is 0 Å². The van der Waals surface area contributed by atoms with E-state index < -0.39 is 0 Å². The first-order valence-electron chi connectivity index (χ1n) is 8.27. The summed E-state index contributed by atoms with van der Waals surface area (Å²) in [6.45, 7) is 7.59. The molecule has 2 amide bonds. The molecule has 3 rings (SSSR count). The van der Waals surface area contributed by atoms with Crippen molar-refractivity contribution >= 4 is 11.8 Å². The van der Waals surface area contributed by atoms with Gasteiger partial charge in [-0.1, -0.05) is 20.8 Å². The second-order valence-electron chi connectivity index (χ2n) is 7.18. The molecule has 1 saturated heterocycles. The van der Waals surface area contributed by atoms with Crippen molar-refractivity contribution in [3.63, 3.8) is 0 Å². The minimum absolute atomic E-state index is 0.00655. The second kappa shape index (κ2) is 6.16. The quantitative estimate of drug-likeness (QED) is 0.710. The Morgan fingerprint density at radius 1 is 1.14 bits per heavy atom. The Morgan fingerprint density at radius 2 is 1.82 bits per heavy atom. The van der Waals surface area contributed by atoms with Crippen LogP contribution in [-0.2, 0) is 19.1 Å². The predicted octanol–water partition coefficient (Wildman–Crippen LogP) is 0.313. The van der Waals surface area contributed by atoms with Gasteiger partial charge in [0.15, 0.2) is 0 Å². The molecule has 6 nitrogen and oxygen atoms in total. The number of nitrogens with one attached hydrogen (secondary N) is 2. The number of carbonyl (C=O) groups excluding carboxylic acids is 2. The summed E-state index contributed by atoms with van der Waals surface area (Å²) in [6, 6.07) is 0.424. The van der Waals surface area contributed by atoms with Gasteiger partial charge in [0.05, 0.1) is 37.9 Å². The maximum absolute atomic E-state index is 12.1. The lowest BCUT2D eigenvalue weighted by molar-refractivity contribution is -0.127. The zero-order valence-electron chi connectivity index (χ0n) is 13.5. The average Bonchev–Trinajstić information content (AvgIpc) is 3.30. The molecule has 3 aliphatic rings. The van der Waals surface area contributed by atoms with Crippen LogP contribution in [-0.4, -0.2) is 49.8 Å². The molecular formula is C16H26N2O4.